The molecular formula is C11H17ClN4OS. The second-order valence-corrected chi connectivity index (χ2v) is 5.93. The molecule has 0 radical (unpaired) electrons. The van der Waals surface area contributed by atoms with Gasteiger partial charge in [-0.1, -0.05) is 24.2 Å². The van der Waals surface area contributed by atoms with Crippen molar-refractivity contribution in [1.82, 2.24) is 20.4 Å². The molecule has 1 aliphatic rings. The van der Waals surface area contributed by atoms with Gasteiger partial charge in [0.25, 0.3) is 5.91 Å². The van der Waals surface area contributed by atoms with E-state index in [0.717, 1.165) is 31.0 Å². The number of nitrogens with one attached hydrogen (secondary N) is 1. The molecule has 0 bridgehead atoms. The van der Waals surface area contributed by atoms with Gasteiger partial charge in [-0.15, -0.1) is 10.2 Å². The van der Waals surface area contributed by atoms with E-state index in [1.165, 1.54) is 25.7 Å². The van der Waals surface area contributed by atoms with E-state index in [4.69, 9.17) is 11.6 Å². The molecule has 0 unspecified atom stereocenters. The van der Waals surface area contributed by atoms with Crippen LogP contribution in [0.3, 0.4) is 0 Å². The summed E-state index contributed by atoms with van der Waals surface area (Å²) in [5.41, 5.74) is 0. The fourth-order valence-electron chi connectivity index (χ4n) is 2.06. The molecule has 1 aromatic rings. The van der Waals surface area contributed by atoms with Crippen molar-refractivity contribution in [2.75, 3.05) is 26.2 Å². The monoisotopic (exact) mass is 288 g/mol. The average Bonchev–Trinajstić information content (AvgIpc) is 2.63. The molecule has 2 rings (SSSR count). The third-order valence-corrected chi connectivity index (χ3v) is 4.02. The van der Waals surface area contributed by atoms with Crippen LogP contribution >= 0.6 is 22.9 Å². The van der Waals surface area contributed by atoms with Gasteiger partial charge in [-0.2, -0.15) is 0 Å². The topological polar surface area (TPSA) is 58.1 Å². The van der Waals surface area contributed by atoms with Gasteiger partial charge in [0.15, 0.2) is 0 Å². The molecule has 1 aliphatic heterocycles. The van der Waals surface area contributed by atoms with Crippen LogP contribution in [0.4, 0.5) is 0 Å². The van der Waals surface area contributed by atoms with E-state index in [-0.39, 0.29) is 5.91 Å². The van der Waals surface area contributed by atoms with Crippen molar-refractivity contribution in [1.29, 1.82) is 0 Å². The zero-order valence-electron chi connectivity index (χ0n) is 10.2. The van der Waals surface area contributed by atoms with Crippen LogP contribution in [0.2, 0.25) is 4.47 Å². The molecule has 18 heavy (non-hydrogen) atoms. The fourth-order valence-corrected chi connectivity index (χ4v) is 2.80. The summed E-state index contributed by atoms with van der Waals surface area (Å²) in [5.74, 6) is -0.186. The number of aromatic nitrogens is 2. The first-order valence-corrected chi connectivity index (χ1v) is 7.45. The summed E-state index contributed by atoms with van der Waals surface area (Å²) in [6, 6.07) is 0. The van der Waals surface area contributed by atoms with Crippen molar-refractivity contribution in [3.8, 4) is 0 Å². The largest absolute Gasteiger partial charge is 0.349 e. The van der Waals surface area contributed by atoms with Crippen LogP contribution in [0.1, 0.15) is 35.5 Å². The minimum absolute atomic E-state index is 0.186. The maximum absolute atomic E-state index is 11.7. The minimum atomic E-state index is -0.186. The summed E-state index contributed by atoms with van der Waals surface area (Å²) in [4.78, 5) is 14.1. The number of rotatable bonds is 4. The maximum atomic E-state index is 11.7. The minimum Gasteiger partial charge on any atom is -0.349 e. The summed E-state index contributed by atoms with van der Waals surface area (Å²) in [6.45, 7) is 3.83. The van der Waals surface area contributed by atoms with Crippen molar-refractivity contribution < 1.29 is 4.79 Å². The quantitative estimate of drug-likeness (QED) is 0.918. The van der Waals surface area contributed by atoms with E-state index in [2.05, 4.69) is 20.4 Å². The molecule has 2 heterocycles. The average molecular weight is 289 g/mol. The van der Waals surface area contributed by atoms with Gasteiger partial charge in [0.05, 0.1) is 0 Å². The SMILES string of the molecule is O=C(NCCN1CCCCCC1)c1nnc(Cl)s1. The van der Waals surface area contributed by atoms with Gasteiger partial charge < -0.3 is 10.2 Å². The van der Waals surface area contributed by atoms with Crippen LogP contribution in [-0.2, 0) is 0 Å². The van der Waals surface area contributed by atoms with Crippen LogP contribution in [0, 0.1) is 0 Å². The standard InChI is InChI=1S/C11H17ClN4OS/c12-11-15-14-10(18-11)9(17)13-5-8-16-6-3-1-2-4-7-16/h1-8H2,(H,13,17). The highest BCUT2D eigenvalue weighted by Gasteiger charge is 2.12. The Morgan fingerprint density at radius 3 is 2.61 bits per heavy atom. The molecule has 1 saturated heterocycles. The lowest BCUT2D eigenvalue weighted by Gasteiger charge is -2.19. The molecule has 1 fully saturated rings. The summed E-state index contributed by atoms with van der Waals surface area (Å²) in [5, 5.41) is 10.5. The Balaban J connectivity index is 1.69. The van der Waals surface area contributed by atoms with Crippen LogP contribution in [0.5, 0.6) is 0 Å². The van der Waals surface area contributed by atoms with Crippen molar-refractivity contribution in [3.05, 3.63) is 9.47 Å². The molecular weight excluding hydrogens is 272 g/mol. The molecule has 0 saturated carbocycles. The Hall–Kier alpha value is -0.720. The predicted octanol–water partition coefficient (Wildman–Crippen LogP) is 1.80. The van der Waals surface area contributed by atoms with Crippen LogP contribution in [0.25, 0.3) is 0 Å². The van der Waals surface area contributed by atoms with Crippen molar-refractivity contribution in [2.45, 2.75) is 25.7 Å². The van der Waals surface area contributed by atoms with E-state index in [1.54, 1.807) is 0 Å². The highest BCUT2D eigenvalue weighted by molar-refractivity contribution is 7.17. The number of carbonyl (C=O) groups is 1. The normalized spacial score (nSPS) is 17.4. The van der Waals surface area contributed by atoms with Gasteiger partial charge in [-0.05, 0) is 37.5 Å². The highest BCUT2D eigenvalue weighted by Crippen LogP contribution is 2.14. The zero-order valence-corrected chi connectivity index (χ0v) is 11.8. The van der Waals surface area contributed by atoms with Crippen LogP contribution < -0.4 is 5.32 Å². The highest BCUT2D eigenvalue weighted by atomic mass is 35.5. The lowest BCUT2D eigenvalue weighted by atomic mass is 10.2. The second-order valence-electron chi connectivity index (χ2n) is 4.37. The molecule has 1 N–H and O–H groups in total. The molecule has 0 atom stereocenters. The number of hydrogen-bond acceptors (Lipinski definition) is 5. The molecule has 0 spiro atoms. The molecule has 5 nitrogen and oxygen atoms in total. The van der Waals surface area contributed by atoms with Gasteiger partial charge >= 0.3 is 0 Å². The Bertz CT molecular complexity index is 390. The van der Waals surface area contributed by atoms with Crippen molar-refractivity contribution >= 4 is 28.8 Å². The molecule has 0 aliphatic carbocycles. The van der Waals surface area contributed by atoms with Gasteiger partial charge in [0, 0.05) is 13.1 Å². The number of likely N-dealkylation sites (tertiary alicyclic amines) is 1. The van der Waals surface area contributed by atoms with E-state index < -0.39 is 0 Å². The smallest absolute Gasteiger partial charge is 0.282 e. The Labute approximate surface area is 116 Å². The first-order chi connectivity index (χ1) is 8.75. The Kier molecular flexibility index (Phi) is 5.34. The van der Waals surface area contributed by atoms with Gasteiger partial charge in [0.2, 0.25) is 9.47 Å². The van der Waals surface area contributed by atoms with Crippen molar-refractivity contribution in [3.63, 3.8) is 0 Å². The predicted molar refractivity (Wildman–Crippen MR) is 72.2 cm³/mol. The van der Waals surface area contributed by atoms with Gasteiger partial charge in [0.1, 0.15) is 0 Å². The number of nitrogens with zero attached hydrogens (tertiary/aromatic N) is 3. The maximum Gasteiger partial charge on any atom is 0.282 e. The van der Waals surface area contributed by atoms with Crippen LogP contribution in [-0.4, -0.2) is 47.2 Å². The third kappa shape index (κ3) is 4.19. The number of hydrogen-bond donors (Lipinski definition) is 1. The molecule has 7 heteroatoms. The molecule has 0 aromatic carbocycles. The van der Waals surface area contributed by atoms with E-state index >= 15 is 0 Å². The van der Waals surface area contributed by atoms with Crippen molar-refractivity contribution in [2.24, 2.45) is 0 Å². The van der Waals surface area contributed by atoms with E-state index in [0.29, 0.717) is 16.0 Å². The van der Waals surface area contributed by atoms with E-state index in [9.17, 15) is 4.79 Å². The summed E-state index contributed by atoms with van der Waals surface area (Å²) in [7, 11) is 0. The fraction of sp³-hybridized carbons (Fsp3) is 0.727. The third-order valence-electron chi connectivity index (χ3n) is 3.01. The molecule has 1 aromatic heterocycles. The van der Waals surface area contributed by atoms with Gasteiger partial charge in [-0.3, -0.25) is 4.79 Å². The second kappa shape index (κ2) is 7.01. The number of halogens is 1. The lowest BCUT2D eigenvalue weighted by Crippen LogP contribution is -2.35. The first kappa shape index (κ1) is 13.7. The first-order valence-electron chi connectivity index (χ1n) is 6.25. The number of amides is 1. The Morgan fingerprint density at radius 2 is 2.00 bits per heavy atom. The molecule has 1 amide bonds. The van der Waals surface area contributed by atoms with Crippen LogP contribution in [0.15, 0.2) is 0 Å². The summed E-state index contributed by atoms with van der Waals surface area (Å²) < 4.78 is 0.299. The summed E-state index contributed by atoms with van der Waals surface area (Å²) in [6.07, 6.45) is 5.18. The summed E-state index contributed by atoms with van der Waals surface area (Å²) >= 11 is 6.74. The lowest BCUT2D eigenvalue weighted by molar-refractivity contribution is 0.0947. The van der Waals surface area contributed by atoms with Gasteiger partial charge in [-0.25, -0.2) is 0 Å². The zero-order chi connectivity index (χ0) is 12.8. The van der Waals surface area contributed by atoms with E-state index in [1.807, 2.05) is 0 Å². The number of carbonyl (C=O) groups excluding carboxylic acids is 1. The Morgan fingerprint density at radius 1 is 1.28 bits per heavy atom. The molecule has 100 valence electrons.